The molecule has 2 aromatic heterocycles. The summed E-state index contributed by atoms with van der Waals surface area (Å²) in [6.07, 6.45) is 8.38. The second kappa shape index (κ2) is 6.67. The zero-order chi connectivity index (χ0) is 17.5. The summed E-state index contributed by atoms with van der Waals surface area (Å²) in [6.45, 7) is 1.84. The Morgan fingerprint density at radius 3 is 2.58 bits per heavy atom. The lowest BCUT2D eigenvalue weighted by Gasteiger charge is -2.44. The fourth-order valence-electron chi connectivity index (χ4n) is 4.07. The summed E-state index contributed by atoms with van der Waals surface area (Å²) in [4.78, 5) is 15.6. The lowest BCUT2D eigenvalue weighted by molar-refractivity contribution is 0.0610. The maximum Gasteiger partial charge on any atom is 0.115 e. The molecule has 4 nitrogen and oxygen atoms in total. The molecule has 2 fully saturated rings. The number of likely N-dealkylation sites (tertiary alicyclic amines) is 1. The number of thiazole rings is 1. The summed E-state index contributed by atoms with van der Waals surface area (Å²) in [5, 5.41) is 1.25. The van der Waals surface area contributed by atoms with Crippen LogP contribution in [0.4, 0.5) is 4.39 Å². The van der Waals surface area contributed by atoms with Crippen LogP contribution in [-0.4, -0.2) is 45.2 Å². The highest BCUT2D eigenvalue weighted by molar-refractivity contribution is 7.18. The van der Waals surface area contributed by atoms with E-state index in [1.54, 1.807) is 6.33 Å². The van der Waals surface area contributed by atoms with Crippen molar-refractivity contribution in [2.75, 3.05) is 13.1 Å². The van der Waals surface area contributed by atoms with Crippen LogP contribution in [-0.2, 0) is 0 Å². The van der Waals surface area contributed by atoms with Gasteiger partial charge in [-0.25, -0.2) is 19.3 Å². The minimum absolute atomic E-state index is 0.559. The van der Waals surface area contributed by atoms with Crippen LogP contribution < -0.4 is 0 Å². The Morgan fingerprint density at radius 1 is 1.04 bits per heavy atom. The smallest absolute Gasteiger partial charge is 0.115 e. The summed E-state index contributed by atoms with van der Waals surface area (Å²) in [7, 11) is 0. The van der Waals surface area contributed by atoms with Crippen LogP contribution >= 0.6 is 11.3 Å². The Morgan fingerprint density at radius 2 is 1.81 bits per heavy atom. The molecular weight excluding hydrogens is 347 g/mol. The van der Waals surface area contributed by atoms with Crippen LogP contribution in [0, 0.1) is 0 Å². The standard InChI is InChI=1S/C20H21FN4S/c21-16-3-5-25(6-4-16)17-7-14(8-17)20-24-18-2-1-13(9-19(18)26-20)15-10-22-12-23-11-15/h1-2,9-12,14,16-17H,3-8H2. The minimum atomic E-state index is -0.587. The molecule has 1 saturated carbocycles. The van der Waals surface area contributed by atoms with Crippen LogP contribution in [0.5, 0.6) is 0 Å². The third kappa shape index (κ3) is 3.01. The van der Waals surface area contributed by atoms with E-state index in [4.69, 9.17) is 4.98 Å². The second-order valence-corrected chi connectivity index (χ2v) is 8.46. The molecular formula is C20H21FN4S. The Labute approximate surface area is 156 Å². The maximum atomic E-state index is 13.3. The fourth-order valence-corrected chi connectivity index (χ4v) is 5.20. The van der Waals surface area contributed by atoms with E-state index < -0.39 is 6.17 Å². The molecule has 0 spiro atoms. The monoisotopic (exact) mass is 368 g/mol. The molecule has 1 aliphatic carbocycles. The summed E-state index contributed by atoms with van der Waals surface area (Å²) >= 11 is 1.81. The van der Waals surface area contributed by atoms with Crippen molar-refractivity contribution in [2.24, 2.45) is 0 Å². The van der Waals surface area contributed by atoms with Crippen LogP contribution in [0.15, 0.2) is 36.9 Å². The Bertz CT molecular complexity index is 899. The number of halogens is 1. The Balaban J connectivity index is 1.30. The first-order valence-corrected chi connectivity index (χ1v) is 10.1. The molecule has 1 aliphatic heterocycles. The van der Waals surface area contributed by atoms with Crippen molar-refractivity contribution in [2.45, 2.75) is 43.8 Å². The van der Waals surface area contributed by atoms with Gasteiger partial charge in [0.25, 0.3) is 0 Å². The van der Waals surface area contributed by atoms with Crippen LogP contribution in [0.1, 0.15) is 36.6 Å². The van der Waals surface area contributed by atoms with Crippen LogP contribution in [0.3, 0.4) is 0 Å². The highest BCUT2D eigenvalue weighted by atomic mass is 32.1. The van der Waals surface area contributed by atoms with Crippen LogP contribution in [0.2, 0.25) is 0 Å². The molecule has 6 heteroatoms. The van der Waals surface area contributed by atoms with Crippen molar-refractivity contribution >= 4 is 21.6 Å². The molecule has 0 atom stereocenters. The first-order chi connectivity index (χ1) is 12.8. The molecule has 0 bridgehead atoms. The summed E-state index contributed by atoms with van der Waals surface area (Å²) in [5.74, 6) is 0.559. The van der Waals surface area contributed by atoms with Crippen molar-refractivity contribution in [1.82, 2.24) is 19.9 Å². The normalized spacial score (nSPS) is 24.7. The second-order valence-electron chi connectivity index (χ2n) is 7.39. The van der Waals surface area contributed by atoms with Gasteiger partial charge in [-0.3, -0.25) is 0 Å². The summed E-state index contributed by atoms with van der Waals surface area (Å²) < 4.78 is 14.5. The Kier molecular flexibility index (Phi) is 4.17. The van der Waals surface area contributed by atoms with Gasteiger partial charge in [0.2, 0.25) is 0 Å². The van der Waals surface area contributed by atoms with Crippen molar-refractivity contribution in [3.8, 4) is 11.1 Å². The van der Waals surface area contributed by atoms with E-state index in [2.05, 4.69) is 33.1 Å². The third-order valence-electron chi connectivity index (χ3n) is 5.74. The van der Waals surface area contributed by atoms with E-state index in [0.29, 0.717) is 24.8 Å². The van der Waals surface area contributed by atoms with Gasteiger partial charge in [0.15, 0.2) is 0 Å². The number of benzene rings is 1. The van der Waals surface area contributed by atoms with E-state index in [1.807, 2.05) is 23.7 Å². The van der Waals surface area contributed by atoms with Crippen LogP contribution in [0.25, 0.3) is 21.3 Å². The predicted octanol–water partition coefficient (Wildman–Crippen LogP) is 4.43. The zero-order valence-electron chi connectivity index (χ0n) is 14.5. The molecule has 0 amide bonds. The van der Waals surface area contributed by atoms with Gasteiger partial charge in [0.1, 0.15) is 12.5 Å². The van der Waals surface area contributed by atoms with E-state index in [1.165, 1.54) is 9.71 Å². The van der Waals surface area contributed by atoms with E-state index in [-0.39, 0.29) is 0 Å². The maximum absolute atomic E-state index is 13.3. The van der Waals surface area contributed by atoms with Gasteiger partial charge in [-0.15, -0.1) is 11.3 Å². The van der Waals surface area contributed by atoms with Crippen molar-refractivity contribution < 1.29 is 4.39 Å². The highest BCUT2D eigenvalue weighted by Crippen LogP contribution is 2.43. The molecule has 0 radical (unpaired) electrons. The number of hydrogen-bond acceptors (Lipinski definition) is 5. The molecule has 2 aliphatic rings. The molecule has 0 N–H and O–H groups in total. The minimum Gasteiger partial charge on any atom is -0.300 e. The quantitative estimate of drug-likeness (QED) is 0.686. The molecule has 5 rings (SSSR count). The predicted molar refractivity (Wildman–Crippen MR) is 102 cm³/mol. The topological polar surface area (TPSA) is 41.9 Å². The summed E-state index contributed by atoms with van der Waals surface area (Å²) in [6, 6.07) is 7.00. The van der Waals surface area contributed by atoms with Gasteiger partial charge in [0, 0.05) is 43.0 Å². The molecule has 26 heavy (non-hydrogen) atoms. The van der Waals surface area contributed by atoms with Gasteiger partial charge in [-0.1, -0.05) is 6.07 Å². The number of hydrogen-bond donors (Lipinski definition) is 0. The number of piperidine rings is 1. The number of alkyl halides is 1. The lowest BCUT2D eigenvalue weighted by Crippen LogP contribution is -2.47. The van der Waals surface area contributed by atoms with Gasteiger partial charge >= 0.3 is 0 Å². The summed E-state index contributed by atoms with van der Waals surface area (Å²) in [5.41, 5.74) is 3.24. The van der Waals surface area contributed by atoms with Gasteiger partial charge < -0.3 is 4.90 Å². The van der Waals surface area contributed by atoms with Crippen molar-refractivity contribution in [3.05, 3.63) is 41.9 Å². The molecule has 134 valence electrons. The molecule has 1 saturated heterocycles. The third-order valence-corrected chi connectivity index (χ3v) is 6.92. The van der Waals surface area contributed by atoms with E-state index in [0.717, 1.165) is 42.6 Å². The zero-order valence-corrected chi connectivity index (χ0v) is 15.3. The SMILES string of the molecule is FC1CCN(C2CC(c3nc4ccc(-c5cncnc5)cc4s3)C2)CC1. The molecule has 1 aromatic carbocycles. The molecule has 3 aromatic rings. The number of aromatic nitrogens is 3. The lowest BCUT2D eigenvalue weighted by atomic mass is 9.79. The van der Waals surface area contributed by atoms with Crippen molar-refractivity contribution in [3.63, 3.8) is 0 Å². The first kappa shape index (κ1) is 16.3. The fraction of sp³-hybridized carbons (Fsp3) is 0.450. The van der Waals surface area contributed by atoms with Gasteiger partial charge in [-0.05, 0) is 43.4 Å². The van der Waals surface area contributed by atoms with Crippen molar-refractivity contribution in [1.29, 1.82) is 0 Å². The molecule has 3 heterocycles. The average Bonchev–Trinajstić information content (AvgIpc) is 3.05. The van der Waals surface area contributed by atoms with Gasteiger partial charge in [0.05, 0.1) is 15.2 Å². The average molecular weight is 368 g/mol. The highest BCUT2D eigenvalue weighted by Gasteiger charge is 2.37. The molecule has 0 unspecified atom stereocenters. The van der Waals surface area contributed by atoms with E-state index >= 15 is 0 Å². The Hall–Kier alpha value is -1.92. The van der Waals surface area contributed by atoms with Gasteiger partial charge in [-0.2, -0.15) is 0 Å². The first-order valence-electron chi connectivity index (χ1n) is 9.30. The number of fused-ring (bicyclic) bond motifs is 1. The number of nitrogens with zero attached hydrogens (tertiary/aromatic N) is 4. The number of rotatable bonds is 3. The van der Waals surface area contributed by atoms with E-state index in [9.17, 15) is 4.39 Å². The largest absolute Gasteiger partial charge is 0.300 e.